The summed E-state index contributed by atoms with van der Waals surface area (Å²) in [5.41, 5.74) is 15.2. The van der Waals surface area contributed by atoms with E-state index in [1.165, 1.54) is 13.1 Å². The molecule has 2 aliphatic heterocycles. The van der Waals surface area contributed by atoms with E-state index in [0.29, 0.717) is 22.0 Å². The number of nitrogen functional groups attached to an aromatic ring is 2. The number of aromatic nitrogens is 8. The molecule has 4 aromatic rings. The van der Waals surface area contributed by atoms with Crippen molar-refractivity contribution in [1.29, 1.82) is 0 Å². The second-order valence-corrected chi connectivity index (χ2v) is 14.8. The lowest BCUT2D eigenvalue weighted by molar-refractivity contribution is 0.226. The molecule has 252 valence electrons. The first-order chi connectivity index (χ1) is 22.4. The van der Waals surface area contributed by atoms with Crippen LogP contribution in [0.2, 0.25) is 5.15 Å². The van der Waals surface area contributed by atoms with E-state index >= 15 is 0 Å². The molecule has 0 unspecified atom stereocenters. The summed E-state index contributed by atoms with van der Waals surface area (Å²) >= 11 is 5.97. The molecule has 4 aromatic heterocycles. The Labute approximate surface area is 279 Å². The topological polar surface area (TPSA) is 195 Å². The highest BCUT2D eigenvalue weighted by molar-refractivity contribution is 6.33. The van der Waals surface area contributed by atoms with Gasteiger partial charge in [0.15, 0.2) is 27.8 Å². The molecule has 0 bridgehead atoms. The van der Waals surface area contributed by atoms with Crippen LogP contribution in [0, 0.1) is 22.7 Å². The number of nitrogens with one attached hydrogen (secondary N) is 1. The van der Waals surface area contributed by atoms with Crippen LogP contribution in [0.5, 0.6) is 0 Å². The number of anilines is 3. The number of imidazole rings is 2. The van der Waals surface area contributed by atoms with Crippen LogP contribution in [0.1, 0.15) is 52.6 Å². The summed E-state index contributed by atoms with van der Waals surface area (Å²) in [6.07, 6.45) is 13.4. The predicted octanol–water partition coefficient (Wildman–Crippen LogP) is 3.15. The molecular formula is C32H45ClN12O2. The van der Waals surface area contributed by atoms with Crippen LogP contribution in [0.25, 0.3) is 22.3 Å². The second-order valence-electron chi connectivity index (χ2n) is 14.5. The van der Waals surface area contributed by atoms with E-state index in [4.69, 9.17) is 28.2 Å². The summed E-state index contributed by atoms with van der Waals surface area (Å²) in [5.74, 6) is 1.62. The van der Waals surface area contributed by atoms with Gasteiger partial charge >= 0.3 is 0 Å². The van der Waals surface area contributed by atoms with Gasteiger partial charge in [0.2, 0.25) is 11.9 Å². The Balaban J connectivity index is 0.000000143. The first kappa shape index (κ1) is 33.1. The smallest absolute Gasteiger partial charge is 0.224 e. The van der Waals surface area contributed by atoms with Gasteiger partial charge in [-0.1, -0.05) is 63.6 Å². The summed E-state index contributed by atoms with van der Waals surface area (Å²) in [7, 11) is 0. The Hall–Kier alpha value is -3.85. The summed E-state index contributed by atoms with van der Waals surface area (Å²) in [4.78, 5) is 27.8. The summed E-state index contributed by atoms with van der Waals surface area (Å²) in [6.45, 7) is 13.6. The quantitative estimate of drug-likeness (QED) is 0.155. The standard InChI is InChI=1S/C16H22N6O.C11H12ClN5O.C5H11N/c1-16(2)7-21(8-16)13-12-14(20-15(17)19-13)22(9-18-12)11-4-3-10(5-11)6-23;12-9-8-10(16-11(13)15-9)17(5-14-8)7-2-1-6(3-7)4-18;1-5(2)3-6-4-5/h3-4,9-11,23H,5-8H2,1-2H3,(H2,17,19,20);1-2,5-7,18H,3-4H2,(H2,13,15,16);6H,3-4H2,1-2H3/t10-,11+;6-,7+;/m11./s1. The monoisotopic (exact) mass is 664 g/mol. The molecule has 6 heterocycles. The van der Waals surface area contributed by atoms with Crippen molar-refractivity contribution in [3.63, 3.8) is 0 Å². The van der Waals surface area contributed by atoms with Crippen LogP contribution in [-0.4, -0.2) is 88.6 Å². The van der Waals surface area contributed by atoms with Gasteiger partial charge in [-0.05, 0) is 23.7 Å². The predicted molar refractivity (Wildman–Crippen MR) is 184 cm³/mol. The highest BCUT2D eigenvalue weighted by Gasteiger charge is 2.37. The molecule has 0 saturated carbocycles. The van der Waals surface area contributed by atoms with E-state index in [9.17, 15) is 5.11 Å². The lowest BCUT2D eigenvalue weighted by atomic mass is 9.84. The Morgan fingerprint density at radius 2 is 1.26 bits per heavy atom. The van der Waals surface area contributed by atoms with E-state index in [1.54, 1.807) is 6.33 Å². The molecular weight excluding hydrogens is 620 g/mol. The minimum atomic E-state index is 0.123. The Bertz CT molecular complexity index is 1780. The van der Waals surface area contributed by atoms with Crippen LogP contribution < -0.4 is 21.7 Å². The van der Waals surface area contributed by atoms with Gasteiger partial charge in [-0.15, -0.1) is 0 Å². The van der Waals surface area contributed by atoms with Gasteiger partial charge in [-0.2, -0.15) is 19.9 Å². The van der Waals surface area contributed by atoms with Crippen LogP contribution in [0.3, 0.4) is 0 Å². The molecule has 0 spiro atoms. The minimum Gasteiger partial charge on any atom is -0.396 e. The number of nitrogens with two attached hydrogens (primary N) is 2. The fourth-order valence-electron chi connectivity index (χ4n) is 6.47. The maximum Gasteiger partial charge on any atom is 0.224 e. The number of aliphatic hydroxyl groups excluding tert-OH is 2. The normalized spacial score (nSPS) is 25.2. The minimum absolute atomic E-state index is 0.123. The molecule has 14 nitrogen and oxygen atoms in total. The second kappa shape index (κ2) is 13.0. The van der Waals surface area contributed by atoms with Crippen molar-refractivity contribution in [3.05, 3.63) is 42.1 Å². The number of hydrogen-bond acceptors (Lipinski definition) is 12. The highest BCUT2D eigenvalue weighted by atomic mass is 35.5. The summed E-state index contributed by atoms with van der Waals surface area (Å²) < 4.78 is 3.94. The van der Waals surface area contributed by atoms with Crippen LogP contribution in [0.15, 0.2) is 37.0 Å². The van der Waals surface area contributed by atoms with Crippen LogP contribution >= 0.6 is 11.6 Å². The Kier molecular flexibility index (Phi) is 9.13. The zero-order valence-electron chi connectivity index (χ0n) is 27.4. The molecule has 7 N–H and O–H groups in total. The number of rotatable bonds is 5. The average Bonchev–Trinajstić information content (AvgIpc) is 3.80. The maximum absolute atomic E-state index is 9.32. The van der Waals surface area contributed by atoms with E-state index < -0.39 is 0 Å². The van der Waals surface area contributed by atoms with Crippen molar-refractivity contribution in [2.24, 2.45) is 22.7 Å². The number of halogens is 1. The number of aliphatic hydroxyl groups is 2. The van der Waals surface area contributed by atoms with Crippen molar-refractivity contribution in [2.45, 2.75) is 52.6 Å². The van der Waals surface area contributed by atoms with Crippen molar-refractivity contribution in [1.82, 2.24) is 44.4 Å². The largest absolute Gasteiger partial charge is 0.396 e. The Morgan fingerprint density at radius 1 is 0.766 bits per heavy atom. The third-order valence-corrected chi connectivity index (χ3v) is 9.31. The molecule has 15 heteroatoms. The molecule has 0 amide bonds. The molecule has 4 aliphatic rings. The van der Waals surface area contributed by atoms with E-state index in [0.717, 1.165) is 42.9 Å². The zero-order valence-corrected chi connectivity index (χ0v) is 28.1. The molecule has 47 heavy (non-hydrogen) atoms. The Morgan fingerprint density at radius 3 is 1.70 bits per heavy atom. The molecule has 2 aliphatic carbocycles. The first-order valence-electron chi connectivity index (χ1n) is 16.1. The third kappa shape index (κ3) is 7.05. The van der Waals surface area contributed by atoms with Gasteiger partial charge in [0.1, 0.15) is 5.52 Å². The molecule has 0 aromatic carbocycles. The van der Waals surface area contributed by atoms with Crippen molar-refractivity contribution < 1.29 is 10.2 Å². The van der Waals surface area contributed by atoms with Gasteiger partial charge in [0, 0.05) is 51.2 Å². The number of hydrogen-bond donors (Lipinski definition) is 5. The van der Waals surface area contributed by atoms with Gasteiger partial charge in [-0.3, -0.25) is 0 Å². The fraction of sp³-hybridized carbons (Fsp3) is 0.562. The van der Waals surface area contributed by atoms with Gasteiger partial charge in [0.25, 0.3) is 0 Å². The lowest BCUT2D eigenvalue weighted by Crippen LogP contribution is -2.53. The zero-order chi connectivity index (χ0) is 33.5. The van der Waals surface area contributed by atoms with Gasteiger partial charge < -0.3 is 41.0 Å². The third-order valence-electron chi connectivity index (χ3n) is 9.04. The van der Waals surface area contributed by atoms with E-state index in [2.05, 4.69) is 80.0 Å². The number of fused-ring (bicyclic) bond motifs is 2. The molecule has 4 atom stereocenters. The van der Waals surface area contributed by atoms with Crippen LogP contribution in [0.4, 0.5) is 17.7 Å². The molecule has 0 radical (unpaired) electrons. The van der Waals surface area contributed by atoms with Crippen molar-refractivity contribution in [3.8, 4) is 0 Å². The molecule has 8 rings (SSSR count). The first-order valence-corrected chi connectivity index (χ1v) is 16.4. The van der Waals surface area contributed by atoms with Crippen molar-refractivity contribution >= 4 is 51.6 Å². The summed E-state index contributed by atoms with van der Waals surface area (Å²) in [5, 5.41) is 21.9. The fourth-order valence-corrected chi connectivity index (χ4v) is 6.69. The van der Waals surface area contributed by atoms with Gasteiger partial charge in [0.05, 0.1) is 24.7 Å². The van der Waals surface area contributed by atoms with E-state index in [1.807, 2.05) is 27.6 Å². The average molecular weight is 665 g/mol. The molecule has 2 fully saturated rings. The number of nitrogens with zero attached hydrogens (tertiary/aromatic N) is 9. The van der Waals surface area contributed by atoms with E-state index in [-0.39, 0.29) is 54.2 Å². The van der Waals surface area contributed by atoms with Gasteiger partial charge in [-0.25, -0.2) is 9.97 Å². The summed E-state index contributed by atoms with van der Waals surface area (Å²) in [6, 6.07) is 0.282. The number of allylic oxidation sites excluding steroid dienone is 2. The highest BCUT2D eigenvalue weighted by Crippen LogP contribution is 2.37. The van der Waals surface area contributed by atoms with Crippen molar-refractivity contribution in [2.75, 3.05) is 55.8 Å². The van der Waals surface area contributed by atoms with Crippen LogP contribution in [-0.2, 0) is 0 Å². The molecule has 2 saturated heterocycles. The SMILES string of the molecule is CC1(C)CN(c2nc(N)nc3c2ncn3[C@H]2C=C[C@@H](CO)C2)C1.CC1(C)CNC1.Nc1nc(Cl)c2ncn([C@H]3C=C[C@@H](CO)C3)c2n1. The lowest BCUT2D eigenvalue weighted by Gasteiger charge is -2.46. The maximum atomic E-state index is 9.32.